The van der Waals surface area contributed by atoms with Crippen LogP contribution >= 0.6 is 7.60 Å². The van der Waals surface area contributed by atoms with Gasteiger partial charge in [0, 0.05) is 7.62 Å². The zero-order valence-electron chi connectivity index (χ0n) is 14.9. The van der Waals surface area contributed by atoms with E-state index in [0.29, 0.717) is 19.4 Å². The zero-order valence-corrected chi connectivity index (χ0v) is 15.8. The molecule has 0 aliphatic rings. The van der Waals surface area contributed by atoms with Crippen molar-refractivity contribution < 1.29 is 30.1 Å². The Labute approximate surface area is 154 Å². The van der Waals surface area contributed by atoms with Gasteiger partial charge in [-0.05, 0) is 43.9 Å². The minimum Gasteiger partial charge on any atom is -0.479 e. The van der Waals surface area contributed by atoms with Gasteiger partial charge in [-0.3, -0.25) is 18.9 Å². The highest BCUT2D eigenvalue weighted by Crippen LogP contribution is 2.50. The predicted molar refractivity (Wildman–Crippen MR) is 97.7 cm³/mol. The zero-order chi connectivity index (χ0) is 19.7. The third-order valence-electron chi connectivity index (χ3n) is 3.63. The van der Waals surface area contributed by atoms with Gasteiger partial charge in [0.05, 0.1) is 0 Å². The second kappa shape index (κ2) is 10.4. The van der Waals surface area contributed by atoms with E-state index in [9.17, 15) is 24.2 Å². The Kier molecular flexibility index (Phi) is 8.87. The molecule has 26 heavy (non-hydrogen) atoms. The lowest BCUT2D eigenvalue weighted by Crippen LogP contribution is -2.40. The molecule has 0 aliphatic carbocycles. The Morgan fingerprint density at radius 1 is 1.38 bits per heavy atom. The van der Waals surface area contributed by atoms with Crippen LogP contribution in [0.2, 0.25) is 0 Å². The molecule has 1 aromatic rings. The maximum atomic E-state index is 12.7. The number of amides is 1. The van der Waals surface area contributed by atoms with Gasteiger partial charge in [-0.1, -0.05) is 19.9 Å². The molecule has 1 heterocycles. The first-order valence-corrected chi connectivity index (χ1v) is 9.99. The third-order valence-corrected chi connectivity index (χ3v) is 5.62. The van der Waals surface area contributed by atoms with Crippen LogP contribution in [-0.4, -0.2) is 45.3 Å². The van der Waals surface area contributed by atoms with Gasteiger partial charge in [-0.2, -0.15) is 0 Å². The van der Waals surface area contributed by atoms with Crippen LogP contribution < -0.4 is 11.1 Å². The van der Waals surface area contributed by atoms with Crippen molar-refractivity contribution in [2.45, 2.75) is 45.0 Å². The summed E-state index contributed by atoms with van der Waals surface area (Å²) in [5.41, 5.74) is 5.45. The van der Waals surface area contributed by atoms with Crippen LogP contribution in [0.4, 0.5) is 0 Å². The van der Waals surface area contributed by atoms with Crippen LogP contribution in [0.1, 0.15) is 45.0 Å². The topological polar surface area (TPSA) is 152 Å². The summed E-state index contributed by atoms with van der Waals surface area (Å²) in [6.07, 6.45) is 1.04. The molecule has 0 fully saturated rings. The summed E-state index contributed by atoms with van der Waals surface area (Å²) >= 11 is 0. The Balaban J connectivity index is 0.00000676. The molecule has 0 aliphatic heterocycles. The molecule has 0 radical (unpaired) electrons. The van der Waals surface area contributed by atoms with Crippen LogP contribution in [0.5, 0.6) is 0 Å². The largest absolute Gasteiger partial charge is 0.479 e. The first-order valence-electron chi connectivity index (χ1n) is 8.34. The van der Waals surface area contributed by atoms with Gasteiger partial charge >= 0.3 is 13.6 Å². The summed E-state index contributed by atoms with van der Waals surface area (Å²) in [7, 11) is -4.46. The Morgan fingerprint density at radius 3 is 2.58 bits per heavy atom. The molecular formula is C16H28N3O6P. The number of aromatic nitrogens is 1. The van der Waals surface area contributed by atoms with Gasteiger partial charge in [0.25, 0.3) is 5.91 Å². The second-order valence-corrected chi connectivity index (χ2v) is 8.05. The molecular weight excluding hydrogens is 361 g/mol. The molecule has 0 saturated carbocycles. The lowest BCUT2D eigenvalue weighted by Gasteiger charge is -2.28. The van der Waals surface area contributed by atoms with Crippen molar-refractivity contribution in [3.8, 4) is 0 Å². The summed E-state index contributed by atoms with van der Waals surface area (Å²) in [6, 6.07) is 4.71. The number of unbranched alkanes of at least 4 members (excludes halogenated alkanes) is 1. The number of carboxylic acids is 1. The van der Waals surface area contributed by atoms with E-state index in [1.807, 2.05) is 0 Å². The standard InChI is InChI=1S/C16H26N3O6P.H2/c1-11(2)15(19-14(20)12-7-4-6-10-18-12)26(23,24)25-13(16(21)22)8-3-5-9-17;/h4,6-7,10-11,13,15H,3,5,8-9,17H2,1-2H3,(H,19,20)(H,21,22)(H,23,24);1H. The van der Waals surface area contributed by atoms with Crippen molar-refractivity contribution in [1.82, 2.24) is 10.3 Å². The van der Waals surface area contributed by atoms with Crippen molar-refractivity contribution in [2.75, 3.05) is 6.54 Å². The summed E-state index contributed by atoms with van der Waals surface area (Å²) in [5, 5.41) is 11.7. The molecule has 1 aromatic heterocycles. The lowest BCUT2D eigenvalue weighted by atomic mass is 10.1. The molecule has 1 amide bonds. The Bertz CT molecular complexity index is 646. The summed E-state index contributed by atoms with van der Waals surface area (Å²) in [5.74, 6) is -3.72. The number of rotatable bonds is 11. The molecule has 0 bridgehead atoms. The van der Waals surface area contributed by atoms with Crippen molar-refractivity contribution in [3.05, 3.63) is 30.1 Å². The van der Waals surface area contributed by atoms with Gasteiger partial charge in [0.1, 0.15) is 11.5 Å². The fourth-order valence-corrected chi connectivity index (χ4v) is 4.00. The number of aliphatic carboxylic acids is 1. The first-order chi connectivity index (χ1) is 12.2. The van der Waals surface area contributed by atoms with Crippen molar-refractivity contribution >= 4 is 19.5 Å². The minimum absolute atomic E-state index is 0. The quantitative estimate of drug-likeness (QED) is 0.330. The number of nitrogens with two attached hydrogens (primary N) is 1. The number of nitrogens with zero attached hydrogens (tertiary/aromatic N) is 1. The molecule has 1 rings (SSSR count). The van der Waals surface area contributed by atoms with E-state index in [0.717, 1.165) is 0 Å². The highest BCUT2D eigenvalue weighted by molar-refractivity contribution is 7.53. The number of nitrogens with one attached hydrogen (secondary N) is 1. The van der Waals surface area contributed by atoms with Gasteiger partial charge in [-0.25, -0.2) is 4.79 Å². The van der Waals surface area contributed by atoms with E-state index in [-0.39, 0.29) is 13.5 Å². The van der Waals surface area contributed by atoms with E-state index in [4.69, 9.17) is 10.3 Å². The van der Waals surface area contributed by atoms with E-state index < -0.39 is 37.3 Å². The summed E-state index contributed by atoms with van der Waals surface area (Å²) in [4.78, 5) is 37.8. The predicted octanol–water partition coefficient (Wildman–Crippen LogP) is 1.82. The van der Waals surface area contributed by atoms with Gasteiger partial charge in [0.2, 0.25) is 0 Å². The van der Waals surface area contributed by atoms with Gasteiger partial charge in [-0.15, -0.1) is 0 Å². The summed E-state index contributed by atoms with van der Waals surface area (Å²) < 4.78 is 17.7. The van der Waals surface area contributed by atoms with E-state index in [2.05, 4.69) is 10.3 Å². The lowest BCUT2D eigenvalue weighted by molar-refractivity contribution is -0.145. The molecule has 5 N–H and O–H groups in total. The molecule has 0 spiro atoms. The normalized spacial score (nSPS) is 15.9. The van der Waals surface area contributed by atoms with Crippen LogP contribution in [0, 0.1) is 5.92 Å². The number of carboxylic acid groups (broad SMARTS) is 1. The van der Waals surface area contributed by atoms with Crippen molar-refractivity contribution in [1.29, 1.82) is 0 Å². The van der Waals surface area contributed by atoms with Crippen LogP contribution in [0.25, 0.3) is 0 Å². The van der Waals surface area contributed by atoms with Crippen LogP contribution in [-0.2, 0) is 13.9 Å². The maximum absolute atomic E-state index is 12.7. The minimum atomic E-state index is -4.46. The second-order valence-electron chi connectivity index (χ2n) is 6.16. The van der Waals surface area contributed by atoms with Crippen molar-refractivity contribution in [2.24, 2.45) is 11.7 Å². The van der Waals surface area contributed by atoms with E-state index in [1.165, 1.54) is 12.3 Å². The number of carbonyl (C=O) groups is 2. The van der Waals surface area contributed by atoms with Crippen LogP contribution in [0.3, 0.4) is 0 Å². The molecule has 3 unspecified atom stereocenters. The fraction of sp³-hybridized carbons (Fsp3) is 0.562. The maximum Gasteiger partial charge on any atom is 0.351 e. The molecule has 9 nitrogen and oxygen atoms in total. The third kappa shape index (κ3) is 6.84. The number of pyridine rings is 1. The van der Waals surface area contributed by atoms with Crippen molar-refractivity contribution in [3.63, 3.8) is 0 Å². The first kappa shape index (κ1) is 22.2. The average Bonchev–Trinajstić information content (AvgIpc) is 2.58. The monoisotopic (exact) mass is 389 g/mol. The number of hydrogen-bond donors (Lipinski definition) is 4. The van der Waals surface area contributed by atoms with Crippen LogP contribution in [0.15, 0.2) is 24.4 Å². The summed E-state index contributed by atoms with van der Waals surface area (Å²) in [6.45, 7) is 3.64. The smallest absolute Gasteiger partial charge is 0.351 e. The Hall–Kier alpha value is -1.80. The van der Waals surface area contributed by atoms with Gasteiger partial charge < -0.3 is 21.1 Å². The molecule has 0 saturated heterocycles. The molecule has 10 heteroatoms. The highest BCUT2D eigenvalue weighted by atomic mass is 31.2. The Morgan fingerprint density at radius 2 is 2.08 bits per heavy atom. The molecule has 148 valence electrons. The van der Waals surface area contributed by atoms with E-state index in [1.54, 1.807) is 26.0 Å². The number of carbonyl (C=O) groups excluding carboxylic acids is 1. The highest BCUT2D eigenvalue weighted by Gasteiger charge is 2.40. The molecule has 0 aromatic carbocycles. The molecule has 3 atom stereocenters. The fourth-order valence-electron chi connectivity index (χ4n) is 2.27. The van der Waals surface area contributed by atoms with E-state index >= 15 is 0 Å². The number of hydrogen-bond acceptors (Lipinski definition) is 6. The SMILES string of the molecule is CC(C)C(NC(=O)c1ccccn1)P(=O)(O)OC(CCCCN)C(=O)O.[HH]. The van der Waals surface area contributed by atoms with Gasteiger partial charge in [0.15, 0.2) is 6.10 Å². The average molecular weight is 389 g/mol.